The zero-order chi connectivity index (χ0) is 18.5. The molecule has 7 nitrogen and oxygen atoms in total. The summed E-state index contributed by atoms with van der Waals surface area (Å²) in [5.74, 6) is -1.32. The molecule has 1 saturated heterocycles. The molecule has 2 aromatic rings. The predicted octanol–water partition coefficient (Wildman–Crippen LogP) is 2.55. The molecule has 0 spiro atoms. The van der Waals surface area contributed by atoms with Crippen molar-refractivity contribution in [2.24, 2.45) is 0 Å². The number of carboxylic acid groups (broad SMARTS) is 1. The van der Waals surface area contributed by atoms with Crippen LogP contribution in [0.15, 0.2) is 35.7 Å². The molecule has 1 fully saturated rings. The number of nitrogens with zero attached hydrogens (tertiary/aromatic N) is 1. The van der Waals surface area contributed by atoms with Gasteiger partial charge in [0.15, 0.2) is 0 Å². The van der Waals surface area contributed by atoms with Gasteiger partial charge < -0.3 is 24.8 Å². The Bertz CT molecular complexity index is 772. The first-order chi connectivity index (χ1) is 12.5. The lowest BCUT2D eigenvalue weighted by Gasteiger charge is -2.30. The Morgan fingerprint density at radius 2 is 2.19 bits per heavy atom. The number of hydrogen-bond acceptors (Lipinski definition) is 6. The largest absolute Gasteiger partial charge is 0.478 e. The maximum Gasteiger partial charge on any atom is 0.335 e. The summed E-state index contributed by atoms with van der Waals surface area (Å²) in [5, 5.41) is 13.9. The zero-order valence-corrected chi connectivity index (χ0v) is 15.1. The second-order valence-electron chi connectivity index (χ2n) is 5.92. The smallest absolute Gasteiger partial charge is 0.335 e. The first-order valence-electron chi connectivity index (χ1n) is 8.17. The third-order valence-electron chi connectivity index (χ3n) is 4.01. The predicted molar refractivity (Wildman–Crippen MR) is 99.5 cm³/mol. The Morgan fingerprint density at radius 1 is 1.35 bits per heavy atom. The summed E-state index contributed by atoms with van der Waals surface area (Å²) in [4.78, 5) is 26.2. The molecule has 1 aromatic carbocycles. The van der Waals surface area contributed by atoms with Gasteiger partial charge in [-0.25, -0.2) is 4.79 Å². The zero-order valence-electron chi connectivity index (χ0n) is 14.3. The maximum atomic E-state index is 12.4. The average molecular weight is 376 g/mol. The highest BCUT2D eigenvalue weighted by Crippen LogP contribution is 2.28. The molecule has 1 aromatic heterocycles. The average Bonchev–Trinajstić information content (AvgIpc) is 3.17. The van der Waals surface area contributed by atoms with Crippen LogP contribution in [0.3, 0.4) is 0 Å². The fraction of sp³-hybridized carbons (Fsp3) is 0.333. The Morgan fingerprint density at radius 3 is 2.85 bits per heavy atom. The monoisotopic (exact) mass is 376 g/mol. The van der Waals surface area contributed by atoms with Crippen LogP contribution in [-0.2, 0) is 9.47 Å². The number of amides is 1. The number of hydrogen-bond donors (Lipinski definition) is 2. The Labute approximate surface area is 155 Å². The SMILES string of the molecule is CN(C[C@H]1COCCO1)c1ccc(C(=O)O)cc1NC(=O)c1cccs1. The van der Waals surface area contributed by atoms with Gasteiger partial charge in [-0.15, -0.1) is 11.3 Å². The van der Waals surface area contributed by atoms with Crippen molar-refractivity contribution in [1.82, 2.24) is 0 Å². The number of benzene rings is 1. The van der Waals surface area contributed by atoms with E-state index in [-0.39, 0.29) is 17.6 Å². The van der Waals surface area contributed by atoms with Gasteiger partial charge in [0.25, 0.3) is 5.91 Å². The number of carbonyl (C=O) groups excluding carboxylic acids is 1. The van der Waals surface area contributed by atoms with Gasteiger partial charge in [-0.3, -0.25) is 4.79 Å². The maximum absolute atomic E-state index is 12.4. The number of carbonyl (C=O) groups is 2. The highest BCUT2D eigenvalue weighted by molar-refractivity contribution is 7.12. The van der Waals surface area contributed by atoms with Crippen LogP contribution in [0.25, 0.3) is 0 Å². The van der Waals surface area contributed by atoms with E-state index in [1.165, 1.54) is 23.5 Å². The van der Waals surface area contributed by atoms with Crippen molar-refractivity contribution in [3.8, 4) is 0 Å². The molecular weight excluding hydrogens is 356 g/mol. The molecule has 2 N–H and O–H groups in total. The molecule has 0 bridgehead atoms. The van der Waals surface area contributed by atoms with Gasteiger partial charge in [0.1, 0.15) is 0 Å². The van der Waals surface area contributed by atoms with Crippen molar-refractivity contribution in [2.45, 2.75) is 6.10 Å². The van der Waals surface area contributed by atoms with Crippen LogP contribution in [-0.4, -0.2) is 56.5 Å². The fourth-order valence-corrected chi connectivity index (χ4v) is 3.36. The minimum Gasteiger partial charge on any atom is -0.478 e. The van der Waals surface area contributed by atoms with E-state index >= 15 is 0 Å². The molecule has 0 radical (unpaired) electrons. The van der Waals surface area contributed by atoms with Crippen LogP contribution in [0.4, 0.5) is 11.4 Å². The molecule has 138 valence electrons. The topological polar surface area (TPSA) is 88.1 Å². The molecule has 0 aliphatic carbocycles. The summed E-state index contributed by atoms with van der Waals surface area (Å²) < 4.78 is 11.1. The molecule has 1 atom stereocenters. The lowest BCUT2D eigenvalue weighted by Crippen LogP contribution is -2.38. The van der Waals surface area contributed by atoms with Crippen molar-refractivity contribution in [2.75, 3.05) is 43.6 Å². The van der Waals surface area contributed by atoms with Crippen molar-refractivity contribution in [1.29, 1.82) is 0 Å². The third kappa shape index (κ3) is 4.40. The Balaban J connectivity index is 1.82. The second kappa shape index (κ2) is 8.31. The number of likely N-dealkylation sites (N-methyl/N-ethyl adjacent to an activating group) is 1. The number of carboxylic acids is 1. The van der Waals surface area contributed by atoms with Crippen LogP contribution in [0.2, 0.25) is 0 Å². The van der Waals surface area contributed by atoms with Gasteiger partial charge >= 0.3 is 5.97 Å². The summed E-state index contributed by atoms with van der Waals surface area (Å²) in [7, 11) is 1.87. The fourth-order valence-electron chi connectivity index (χ4n) is 2.74. The normalized spacial score (nSPS) is 16.9. The lowest BCUT2D eigenvalue weighted by molar-refractivity contribution is -0.0837. The van der Waals surface area contributed by atoms with Crippen LogP contribution < -0.4 is 10.2 Å². The summed E-state index contributed by atoms with van der Waals surface area (Å²) in [5.41, 5.74) is 1.28. The number of thiophene rings is 1. The Kier molecular flexibility index (Phi) is 5.87. The van der Waals surface area contributed by atoms with E-state index in [1.807, 2.05) is 17.3 Å². The molecule has 1 aliphatic rings. The van der Waals surface area contributed by atoms with Gasteiger partial charge in [0.05, 0.1) is 47.7 Å². The van der Waals surface area contributed by atoms with Crippen molar-refractivity contribution in [3.63, 3.8) is 0 Å². The van der Waals surface area contributed by atoms with E-state index in [0.29, 0.717) is 42.6 Å². The van der Waals surface area contributed by atoms with E-state index in [2.05, 4.69) is 5.32 Å². The highest BCUT2D eigenvalue weighted by atomic mass is 32.1. The van der Waals surface area contributed by atoms with E-state index < -0.39 is 5.97 Å². The van der Waals surface area contributed by atoms with Gasteiger partial charge in [0.2, 0.25) is 0 Å². The molecule has 1 aliphatic heterocycles. The third-order valence-corrected chi connectivity index (χ3v) is 4.88. The highest BCUT2D eigenvalue weighted by Gasteiger charge is 2.20. The molecule has 26 heavy (non-hydrogen) atoms. The minimum atomic E-state index is -1.05. The van der Waals surface area contributed by atoms with Crippen molar-refractivity contribution in [3.05, 3.63) is 46.2 Å². The summed E-state index contributed by atoms with van der Waals surface area (Å²) in [6.07, 6.45) is -0.0752. The van der Waals surface area contributed by atoms with E-state index in [9.17, 15) is 14.7 Å². The van der Waals surface area contributed by atoms with Gasteiger partial charge in [0, 0.05) is 13.6 Å². The molecular formula is C18H20N2O5S. The second-order valence-corrected chi connectivity index (χ2v) is 6.86. The summed E-state index contributed by atoms with van der Waals surface area (Å²) in [6.45, 7) is 2.22. The number of ether oxygens (including phenoxy) is 2. The van der Waals surface area contributed by atoms with Crippen LogP contribution in [0, 0.1) is 0 Å². The molecule has 0 unspecified atom stereocenters. The number of nitrogens with one attached hydrogen (secondary N) is 1. The first kappa shape index (κ1) is 18.4. The molecule has 1 amide bonds. The molecule has 3 rings (SSSR count). The molecule has 2 heterocycles. The molecule has 0 saturated carbocycles. The van der Waals surface area contributed by atoms with E-state index in [1.54, 1.807) is 18.2 Å². The van der Waals surface area contributed by atoms with Crippen LogP contribution >= 0.6 is 11.3 Å². The number of anilines is 2. The quantitative estimate of drug-likeness (QED) is 0.806. The van der Waals surface area contributed by atoms with Gasteiger partial charge in [-0.05, 0) is 29.6 Å². The standard InChI is InChI=1S/C18H20N2O5S/c1-20(10-13-11-24-6-7-25-13)15-5-4-12(18(22)23)9-14(15)19-17(21)16-3-2-8-26-16/h2-5,8-9,13H,6-7,10-11H2,1H3,(H,19,21)(H,22,23)/t13-/m0/s1. The Hall–Kier alpha value is -2.42. The summed E-state index contributed by atoms with van der Waals surface area (Å²) >= 11 is 1.33. The van der Waals surface area contributed by atoms with Crippen LogP contribution in [0.5, 0.6) is 0 Å². The van der Waals surface area contributed by atoms with E-state index in [0.717, 1.165) is 0 Å². The lowest BCUT2D eigenvalue weighted by atomic mass is 10.1. The minimum absolute atomic E-state index is 0.0752. The first-order valence-corrected chi connectivity index (χ1v) is 9.05. The molecule has 8 heteroatoms. The van der Waals surface area contributed by atoms with Crippen molar-refractivity contribution < 1.29 is 24.2 Å². The number of aromatic carboxylic acids is 1. The summed E-state index contributed by atoms with van der Waals surface area (Å²) in [6, 6.07) is 8.20. The van der Waals surface area contributed by atoms with Gasteiger partial charge in [-0.1, -0.05) is 6.07 Å². The number of rotatable bonds is 6. The van der Waals surface area contributed by atoms with Crippen LogP contribution in [0.1, 0.15) is 20.0 Å². The van der Waals surface area contributed by atoms with Crippen molar-refractivity contribution >= 4 is 34.6 Å². The van der Waals surface area contributed by atoms with Gasteiger partial charge in [-0.2, -0.15) is 0 Å². The van der Waals surface area contributed by atoms with E-state index in [4.69, 9.17) is 9.47 Å².